The smallest absolute Gasteiger partial charge is 0.306 e. The van der Waals surface area contributed by atoms with E-state index in [-0.39, 0.29) is 23.7 Å². The van der Waals surface area contributed by atoms with E-state index in [0.29, 0.717) is 0 Å². The number of ether oxygens (including phenoxy) is 3. The summed E-state index contributed by atoms with van der Waals surface area (Å²) in [5, 5.41) is 0. The number of rotatable bonds is 4. The minimum absolute atomic E-state index is 0.0259. The number of Topliss-reactive ketones (excluding diaryl/α,β-unsaturated/α-hetero) is 1. The quantitative estimate of drug-likeness (QED) is 0.571. The fraction of sp³-hybridized carbons (Fsp3) is 0.562. The molecule has 120 valence electrons. The first-order valence-electron chi connectivity index (χ1n) is 7.02. The first-order valence-corrected chi connectivity index (χ1v) is 7.02. The van der Waals surface area contributed by atoms with Crippen molar-refractivity contribution in [1.29, 1.82) is 0 Å². The summed E-state index contributed by atoms with van der Waals surface area (Å²) in [7, 11) is 4.14. The Bertz CT molecular complexity index is 561. The van der Waals surface area contributed by atoms with Gasteiger partial charge in [-0.2, -0.15) is 0 Å². The standard InChI is InChI=1S/C16H20O6/c1-16-12(21-3)6-5-9(7-13(18)22-4)14(16)10(17)8-11(20-2)15(16)19/h5-6,8-9,12,14H,7H2,1-4H3/t9-,12+,14-,16+/m1/s1. The van der Waals surface area contributed by atoms with Gasteiger partial charge < -0.3 is 14.2 Å². The highest BCUT2D eigenvalue weighted by Crippen LogP contribution is 2.48. The molecule has 0 N–H and O–H groups in total. The van der Waals surface area contributed by atoms with Crippen LogP contribution in [0.3, 0.4) is 0 Å². The maximum atomic E-state index is 12.8. The summed E-state index contributed by atoms with van der Waals surface area (Å²) >= 11 is 0. The molecule has 2 aliphatic rings. The molecule has 0 aromatic carbocycles. The summed E-state index contributed by atoms with van der Waals surface area (Å²) < 4.78 is 15.1. The SMILES string of the molecule is COC(=O)C[C@H]1C=C[C@H](OC)[C@]2(C)C(=O)C(OC)=CC(=O)[C@@H]12. The third kappa shape index (κ3) is 2.37. The normalized spacial score (nSPS) is 34.0. The van der Waals surface area contributed by atoms with Crippen molar-refractivity contribution in [3.8, 4) is 0 Å². The zero-order valence-electron chi connectivity index (χ0n) is 13.1. The van der Waals surface area contributed by atoms with E-state index in [2.05, 4.69) is 4.74 Å². The summed E-state index contributed by atoms with van der Waals surface area (Å²) in [6, 6.07) is 0. The van der Waals surface area contributed by atoms with Crippen LogP contribution in [0.4, 0.5) is 0 Å². The van der Waals surface area contributed by atoms with Gasteiger partial charge in [0.15, 0.2) is 11.5 Å². The van der Waals surface area contributed by atoms with Crippen molar-refractivity contribution >= 4 is 17.5 Å². The number of hydrogen-bond acceptors (Lipinski definition) is 6. The van der Waals surface area contributed by atoms with Crippen LogP contribution in [-0.4, -0.2) is 45.0 Å². The van der Waals surface area contributed by atoms with Gasteiger partial charge in [-0.25, -0.2) is 0 Å². The van der Waals surface area contributed by atoms with Gasteiger partial charge in [0.2, 0.25) is 5.78 Å². The molecule has 4 atom stereocenters. The van der Waals surface area contributed by atoms with Crippen molar-refractivity contribution in [3.63, 3.8) is 0 Å². The Labute approximate surface area is 129 Å². The van der Waals surface area contributed by atoms with Crippen LogP contribution in [0.5, 0.6) is 0 Å². The number of fused-ring (bicyclic) bond motifs is 1. The first kappa shape index (κ1) is 16.4. The molecule has 6 nitrogen and oxygen atoms in total. The molecule has 0 aromatic heterocycles. The van der Waals surface area contributed by atoms with Gasteiger partial charge in [-0.1, -0.05) is 12.2 Å². The predicted octanol–water partition coefficient (Wildman–Crippen LogP) is 1.06. The van der Waals surface area contributed by atoms with Crippen LogP contribution in [0.2, 0.25) is 0 Å². The Morgan fingerprint density at radius 1 is 1.23 bits per heavy atom. The van der Waals surface area contributed by atoms with Crippen LogP contribution < -0.4 is 0 Å². The van der Waals surface area contributed by atoms with E-state index >= 15 is 0 Å². The van der Waals surface area contributed by atoms with E-state index in [4.69, 9.17) is 9.47 Å². The number of methoxy groups -OCH3 is 3. The molecule has 6 heteroatoms. The number of allylic oxidation sites excluding steroid dienone is 3. The fourth-order valence-corrected chi connectivity index (χ4v) is 3.44. The second-order valence-electron chi connectivity index (χ2n) is 5.69. The van der Waals surface area contributed by atoms with E-state index in [1.54, 1.807) is 19.1 Å². The zero-order chi connectivity index (χ0) is 16.5. The minimum Gasteiger partial charge on any atom is -0.493 e. The maximum Gasteiger partial charge on any atom is 0.306 e. The average Bonchev–Trinajstić information content (AvgIpc) is 2.50. The van der Waals surface area contributed by atoms with Gasteiger partial charge in [-0.05, 0) is 12.8 Å². The molecule has 0 aromatic rings. The van der Waals surface area contributed by atoms with E-state index in [1.807, 2.05) is 0 Å². The van der Waals surface area contributed by atoms with Crippen molar-refractivity contribution in [2.24, 2.45) is 17.3 Å². The molecule has 22 heavy (non-hydrogen) atoms. The Kier molecular flexibility index (Phi) is 4.51. The van der Waals surface area contributed by atoms with Crippen LogP contribution >= 0.6 is 0 Å². The van der Waals surface area contributed by atoms with E-state index in [0.717, 1.165) is 0 Å². The monoisotopic (exact) mass is 308 g/mol. The van der Waals surface area contributed by atoms with Gasteiger partial charge >= 0.3 is 5.97 Å². The van der Waals surface area contributed by atoms with Crippen LogP contribution in [-0.2, 0) is 28.6 Å². The molecule has 0 heterocycles. The molecule has 0 saturated heterocycles. The lowest BCUT2D eigenvalue weighted by atomic mass is 9.57. The van der Waals surface area contributed by atoms with Crippen LogP contribution in [0.25, 0.3) is 0 Å². The minimum atomic E-state index is -1.10. The first-order chi connectivity index (χ1) is 10.4. The van der Waals surface area contributed by atoms with Crippen molar-refractivity contribution in [1.82, 2.24) is 0 Å². The van der Waals surface area contributed by atoms with E-state index < -0.39 is 29.3 Å². The summed E-state index contributed by atoms with van der Waals surface area (Å²) in [5.41, 5.74) is -1.10. The summed E-state index contributed by atoms with van der Waals surface area (Å²) in [5.74, 6) is -2.00. The Morgan fingerprint density at radius 3 is 2.45 bits per heavy atom. The molecule has 0 unspecified atom stereocenters. The lowest BCUT2D eigenvalue weighted by molar-refractivity contribution is -0.153. The highest BCUT2D eigenvalue weighted by Gasteiger charge is 2.57. The van der Waals surface area contributed by atoms with Crippen LogP contribution in [0.15, 0.2) is 24.0 Å². The molecule has 0 spiro atoms. The highest BCUT2D eigenvalue weighted by atomic mass is 16.5. The molecule has 0 bridgehead atoms. The molecular formula is C16H20O6. The lowest BCUT2D eigenvalue weighted by Crippen LogP contribution is -2.56. The van der Waals surface area contributed by atoms with Crippen molar-refractivity contribution in [2.45, 2.75) is 19.4 Å². The lowest BCUT2D eigenvalue weighted by Gasteiger charge is -2.46. The fourth-order valence-electron chi connectivity index (χ4n) is 3.44. The molecule has 2 rings (SSSR count). The second-order valence-corrected chi connectivity index (χ2v) is 5.69. The number of ketones is 2. The molecule has 0 fully saturated rings. The van der Waals surface area contributed by atoms with Gasteiger partial charge in [0.05, 0.1) is 32.2 Å². The number of carbonyl (C=O) groups is 3. The van der Waals surface area contributed by atoms with Crippen molar-refractivity contribution in [2.75, 3.05) is 21.3 Å². The van der Waals surface area contributed by atoms with Gasteiger partial charge in [-0.3, -0.25) is 14.4 Å². The molecule has 0 saturated carbocycles. The zero-order valence-corrected chi connectivity index (χ0v) is 13.1. The average molecular weight is 308 g/mol. The molecule has 0 aliphatic heterocycles. The van der Waals surface area contributed by atoms with Gasteiger partial charge in [0.25, 0.3) is 0 Å². The Morgan fingerprint density at radius 2 is 1.91 bits per heavy atom. The van der Waals surface area contributed by atoms with Gasteiger partial charge in [-0.15, -0.1) is 0 Å². The number of hydrogen-bond donors (Lipinski definition) is 0. The van der Waals surface area contributed by atoms with Crippen LogP contribution in [0.1, 0.15) is 13.3 Å². The topological polar surface area (TPSA) is 78.9 Å². The molecule has 0 radical (unpaired) electrons. The molecule has 2 aliphatic carbocycles. The molecular weight excluding hydrogens is 288 g/mol. The second kappa shape index (κ2) is 6.04. The largest absolute Gasteiger partial charge is 0.493 e. The van der Waals surface area contributed by atoms with Crippen LogP contribution in [0, 0.1) is 17.3 Å². The van der Waals surface area contributed by atoms with E-state index in [9.17, 15) is 14.4 Å². The summed E-state index contributed by atoms with van der Waals surface area (Å²) in [6.07, 6.45) is 4.19. The number of esters is 1. The number of carbonyl (C=O) groups excluding carboxylic acids is 3. The van der Waals surface area contributed by atoms with E-state index in [1.165, 1.54) is 27.4 Å². The third-order valence-electron chi connectivity index (χ3n) is 4.60. The maximum absolute atomic E-state index is 12.8. The summed E-state index contributed by atoms with van der Waals surface area (Å²) in [6.45, 7) is 1.69. The van der Waals surface area contributed by atoms with Crippen molar-refractivity contribution < 1.29 is 28.6 Å². The van der Waals surface area contributed by atoms with Crippen molar-refractivity contribution in [3.05, 3.63) is 24.0 Å². The Balaban J connectivity index is 2.50. The van der Waals surface area contributed by atoms with Gasteiger partial charge in [0.1, 0.15) is 0 Å². The molecule has 0 amide bonds. The highest BCUT2D eigenvalue weighted by molar-refractivity contribution is 6.12. The predicted molar refractivity (Wildman–Crippen MR) is 76.8 cm³/mol. The summed E-state index contributed by atoms with van der Waals surface area (Å²) in [4.78, 5) is 36.9. The Hall–Kier alpha value is -1.95. The van der Waals surface area contributed by atoms with Gasteiger partial charge in [0, 0.05) is 19.1 Å². The third-order valence-corrected chi connectivity index (χ3v) is 4.60.